The van der Waals surface area contributed by atoms with Crippen LogP contribution >= 0.6 is 24.8 Å². The van der Waals surface area contributed by atoms with Gasteiger partial charge in [-0.3, -0.25) is 20.1 Å². The van der Waals surface area contributed by atoms with Gasteiger partial charge in [0.15, 0.2) is 0 Å². The number of nitrogens with one attached hydrogen (secondary N) is 2. The van der Waals surface area contributed by atoms with Crippen LogP contribution in [-0.4, -0.2) is 48.6 Å². The standard InChI is InChI=1S/C14H22N4O2.2ClH/c19-14(4-2-6-18-7-9-20-10-8-18)17-16-12-13-3-1-5-15-11-13;;/h1,3,5,11,16H,2,4,6-10,12H2,(H,17,19);2*1H. The first-order valence-corrected chi connectivity index (χ1v) is 7.05. The van der Waals surface area contributed by atoms with Crippen LogP contribution in [0.2, 0.25) is 0 Å². The fourth-order valence-corrected chi connectivity index (χ4v) is 2.10. The van der Waals surface area contributed by atoms with E-state index in [-0.39, 0.29) is 30.7 Å². The maximum atomic E-state index is 11.6. The van der Waals surface area contributed by atoms with E-state index >= 15 is 0 Å². The Hall–Kier alpha value is -0.920. The predicted octanol–water partition coefficient (Wildman–Crippen LogP) is 1.16. The van der Waals surface area contributed by atoms with Crippen molar-refractivity contribution < 1.29 is 9.53 Å². The molecule has 1 aliphatic heterocycles. The molecule has 1 aliphatic rings. The lowest BCUT2D eigenvalue weighted by molar-refractivity contribution is -0.122. The van der Waals surface area contributed by atoms with Gasteiger partial charge < -0.3 is 4.74 Å². The van der Waals surface area contributed by atoms with E-state index in [4.69, 9.17) is 4.74 Å². The normalized spacial score (nSPS) is 14.5. The Balaban J connectivity index is 0.00000220. The van der Waals surface area contributed by atoms with Crippen LogP contribution in [0.15, 0.2) is 24.5 Å². The van der Waals surface area contributed by atoms with Crippen molar-refractivity contribution in [2.24, 2.45) is 0 Å². The molecule has 126 valence electrons. The van der Waals surface area contributed by atoms with Gasteiger partial charge in [0.2, 0.25) is 5.91 Å². The third kappa shape index (κ3) is 8.51. The topological polar surface area (TPSA) is 66.5 Å². The fraction of sp³-hybridized carbons (Fsp3) is 0.571. The number of carbonyl (C=O) groups excluding carboxylic acids is 1. The summed E-state index contributed by atoms with van der Waals surface area (Å²) in [4.78, 5) is 18.0. The zero-order valence-electron chi connectivity index (χ0n) is 12.5. The van der Waals surface area contributed by atoms with Crippen LogP contribution in [-0.2, 0) is 16.1 Å². The van der Waals surface area contributed by atoms with E-state index in [1.54, 1.807) is 12.4 Å². The molecule has 1 amide bonds. The molecule has 0 saturated carbocycles. The molecule has 0 aliphatic carbocycles. The third-order valence-corrected chi connectivity index (χ3v) is 3.22. The van der Waals surface area contributed by atoms with E-state index in [2.05, 4.69) is 20.7 Å². The van der Waals surface area contributed by atoms with Crippen LogP contribution in [0.5, 0.6) is 0 Å². The molecular weight excluding hydrogens is 327 g/mol. The molecule has 8 heteroatoms. The number of halogens is 2. The lowest BCUT2D eigenvalue weighted by Crippen LogP contribution is -2.39. The maximum absolute atomic E-state index is 11.6. The van der Waals surface area contributed by atoms with Gasteiger partial charge in [0.1, 0.15) is 0 Å². The van der Waals surface area contributed by atoms with Crippen molar-refractivity contribution in [3.05, 3.63) is 30.1 Å². The number of rotatable bonds is 7. The molecular formula is C14H24Cl2N4O2. The molecule has 22 heavy (non-hydrogen) atoms. The van der Waals surface area contributed by atoms with E-state index in [0.717, 1.165) is 44.8 Å². The molecule has 0 spiro atoms. The molecule has 1 aromatic heterocycles. The molecule has 0 radical (unpaired) electrons. The summed E-state index contributed by atoms with van der Waals surface area (Å²) in [6, 6.07) is 3.84. The van der Waals surface area contributed by atoms with Crippen molar-refractivity contribution in [2.75, 3.05) is 32.8 Å². The van der Waals surface area contributed by atoms with Gasteiger partial charge in [-0.25, -0.2) is 5.43 Å². The predicted molar refractivity (Wildman–Crippen MR) is 90.2 cm³/mol. The van der Waals surface area contributed by atoms with Gasteiger partial charge in [0.05, 0.1) is 13.2 Å². The second-order valence-electron chi connectivity index (χ2n) is 4.82. The first-order valence-electron chi connectivity index (χ1n) is 7.05. The van der Waals surface area contributed by atoms with Crippen LogP contribution in [0.4, 0.5) is 0 Å². The highest BCUT2D eigenvalue weighted by Gasteiger charge is 2.10. The van der Waals surface area contributed by atoms with E-state index < -0.39 is 0 Å². The smallest absolute Gasteiger partial charge is 0.234 e. The number of carbonyl (C=O) groups is 1. The summed E-state index contributed by atoms with van der Waals surface area (Å²) in [5.74, 6) is 0.0298. The van der Waals surface area contributed by atoms with Crippen molar-refractivity contribution in [1.82, 2.24) is 20.7 Å². The highest BCUT2D eigenvalue weighted by Crippen LogP contribution is 2.00. The SMILES string of the molecule is Cl.Cl.O=C(CCCN1CCOCC1)NNCc1cccnc1. The summed E-state index contributed by atoms with van der Waals surface area (Å²) < 4.78 is 5.29. The zero-order chi connectivity index (χ0) is 14.0. The summed E-state index contributed by atoms with van der Waals surface area (Å²) in [6.45, 7) is 5.10. The van der Waals surface area contributed by atoms with E-state index in [1.807, 2.05) is 12.1 Å². The Morgan fingerprint density at radius 3 is 2.77 bits per heavy atom. The van der Waals surface area contributed by atoms with Crippen LogP contribution in [0.25, 0.3) is 0 Å². The number of ether oxygens (including phenoxy) is 1. The number of nitrogens with zero attached hydrogens (tertiary/aromatic N) is 2. The van der Waals surface area contributed by atoms with Gasteiger partial charge in [-0.2, -0.15) is 0 Å². The monoisotopic (exact) mass is 350 g/mol. The van der Waals surface area contributed by atoms with Crippen molar-refractivity contribution in [3.8, 4) is 0 Å². The average molecular weight is 351 g/mol. The summed E-state index contributed by atoms with van der Waals surface area (Å²) in [7, 11) is 0. The van der Waals surface area contributed by atoms with Crippen molar-refractivity contribution in [1.29, 1.82) is 0 Å². The first-order chi connectivity index (χ1) is 9.84. The van der Waals surface area contributed by atoms with Crippen LogP contribution in [0, 0.1) is 0 Å². The molecule has 0 atom stereocenters. The Morgan fingerprint density at radius 2 is 2.09 bits per heavy atom. The molecule has 1 fully saturated rings. The van der Waals surface area contributed by atoms with Gasteiger partial charge >= 0.3 is 0 Å². The van der Waals surface area contributed by atoms with Crippen molar-refractivity contribution in [3.63, 3.8) is 0 Å². The van der Waals surface area contributed by atoms with E-state index in [1.165, 1.54) is 0 Å². The average Bonchev–Trinajstić information content (AvgIpc) is 2.49. The highest BCUT2D eigenvalue weighted by atomic mass is 35.5. The fourth-order valence-electron chi connectivity index (χ4n) is 2.10. The minimum atomic E-state index is 0. The summed E-state index contributed by atoms with van der Waals surface area (Å²) in [6.07, 6.45) is 4.92. The maximum Gasteiger partial charge on any atom is 0.234 e. The molecule has 0 bridgehead atoms. The zero-order valence-corrected chi connectivity index (χ0v) is 14.1. The second kappa shape index (κ2) is 12.6. The molecule has 2 rings (SSSR count). The van der Waals surface area contributed by atoms with E-state index in [0.29, 0.717) is 13.0 Å². The van der Waals surface area contributed by atoms with Crippen LogP contribution in [0.1, 0.15) is 18.4 Å². The largest absolute Gasteiger partial charge is 0.379 e. The lowest BCUT2D eigenvalue weighted by atomic mass is 10.2. The molecule has 1 saturated heterocycles. The Morgan fingerprint density at radius 1 is 1.32 bits per heavy atom. The number of hydrazine groups is 1. The molecule has 0 unspecified atom stereocenters. The Labute approximate surface area is 143 Å². The number of pyridine rings is 1. The summed E-state index contributed by atoms with van der Waals surface area (Å²) in [5.41, 5.74) is 6.67. The Kier molecular flexibility index (Phi) is 12.1. The summed E-state index contributed by atoms with van der Waals surface area (Å²) in [5, 5.41) is 0. The number of aromatic nitrogens is 1. The molecule has 0 aromatic carbocycles. The molecule has 2 N–H and O–H groups in total. The molecule has 6 nitrogen and oxygen atoms in total. The van der Waals surface area contributed by atoms with Gasteiger partial charge in [0.25, 0.3) is 0 Å². The van der Waals surface area contributed by atoms with Gasteiger partial charge in [0, 0.05) is 38.4 Å². The van der Waals surface area contributed by atoms with Gasteiger partial charge in [-0.05, 0) is 24.6 Å². The quantitative estimate of drug-likeness (QED) is 0.722. The minimum absolute atomic E-state index is 0. The van der Waals surface area contributed by atoms with Gasteiger partial charge in [-0.1, -0.05) is 6.07 Å². The van der Waals surface area contributed by atoms with Crippen LogP contribution in [0.3, 0.4) is 0 Å². The lowest BCUT2D eigenvalue weighted by Gasteiger charge is -2.26. The number of hydrogen-bond donors (Lipinski definition) is 2. The number of amides is 1. The molecule has 1 aromatic rings. The Bertz CT molecular complexity index is 403. The van der Waals surface area contributed by atoms with Crippen molar-refractivity contribution >= 4 is 30.7 Å². The molecule has 2 heterocycles. The summed E-state index contributed by atoms with van der Waals surface area (Å²) >= 11 is 0. The second-order valence-corrected chi connectivity index (χ2v) is 4.82. The van der Waals surface area contributed by atoms with Crippen molar-refractivity contribution in [2.45, 2.75) is 19.4 Å². The number of morpholine rings is 1. The minimum Gasteiger partial charge on any atom is -0.379 e. The number of hydrogen-bond acceptors (Lipinski definition) is 5. The third-order valence-electron chi connectivity index (χ3n) is 3.22. The van der Waals surface area contributed by atoms with Crippen LogP contribution < -0.4 is 10.9 Å². The van der Waals surface area contributed by atoms with Gasteiger partial charge in [-0.15, -0.1) is 24.8 Å². The van der Waals surface area contributed by atoms with E-state index in [9.17, 15) is 4.79 Å². The first kappa shape index (κ1) is 21.1. The highest BCUT2D eigenvalue weighted by molar-refractivity contribution is 5.85.